The highest BCUT2D eigenvalue weighted by Crippen LogP contribution is 2.38. The van der Waals surface area contributed by atoms with E-state index >= 15 is 0 Å². The van der Waals surface area contributed by atoms with E-state index < -0.39 is 0 Å². The number of rotatable bonds is 8. The molecule has 0 unspecified atom stereocenters. The van der Waals surface area contributed by atoms with Crippen molar-refractivity contribution in [1.29, 1.82) is 0 Å². The van der Waals surface area contributed by atoms with Crippen LogP contribution in [0.1, 0.15) is 11.1 Å². The highest BCUT2D eigenvalue weighted by atomic mass is 16.5. The van der Waals surface area contributed by atoms with E-state index in [-0.39, 0.29) is 0 Å². The normalized spacial score (nSPS) is 11.1. The topological polar surface area (TPSA) is 81.9 Å². The Hall–Kier alpha value is -3.68. The maximum Gasteiger partial charge on any atom is 0.203 e. The Bertz CT molecular complexity index is 944. The number of nitrogens with one attached hydrogen (secondary N) is 2. The lowest BCUT2D eigenvalue weighted by Gasteiger charge is -2.16. The lowest BCUT2D eigenvalue weighted by Crippen LogP contribution is -2.36. The van der Waals surface area contributed by atoms with Crippen LogP contribution < -0.4 is 24.8 Å². The van der Waals surface area contributed by atoms with E-state index in [9.17, 15) is 0 Å². The number of aromatic nitrogens is 2. The second-order valence-corrected chi connectivity index (χ2v) is 6.43. The van der Waals surface area contributed by atoms with Crippen molar-refractivity contribution in [1.82, 2.24) is 20.4 Å². The number of hydrogen-bond acceptors (Lipinski definition) is 5. The molecule has 8 heteroatoms. The molecule has 0 radical (unpaired) electrons. The number of methoxy groups -OCH3 is 3. The summed E-state index contributed by atoms with van der Waals surface area (Å²) in [4.78, 5) is 4.29. The van der Waals surface area contributed by atoms with Gasteiger partial charge in [-0.25, -0.2) is 4.68 Å². The fraction of sp³-hybridized carbons (Fsp3) is 0.273. The first kappa shape index (κ1) is 21.0. The van der Waals surface area contributed by atoms with E-state index in [4.69, 9.17) is 14.2 Å². The standard InChI is InChI=1S/C22H27N5O3/c1-23-22(24-14-16-6-8-18(9-7-16)27-11-5-10-26-27)25-15-17-12-19(28-2)21(30-4)20(13-17)29-3/h5-13H,14-15H2,1-4H3,(H2,23,24,25). The van der Waals surface area contributed by atoms with Crippen molar-refractivity contribution in [2.75, 3.05) is 28.4 Å². The van der Waals surface area contributed by atoms with Crippen LogP contribution in [-0.2, 0) is 13.1 Å². The molecule has 2 N–H and O–H groups in total. The summed E-state index contributed by atoms with van der Waals surface area (Å²) in [6.07, 6.45) is 3.68. The molecular weight excluding hydrogens is 382 g/mol. The lowest BCUT2D eigenvalue weighted by atomic mass is 10.2. The van der Waals surface area contributed by atoms with Crippen LogP contribution in [0.15, 0.2) is 59.9 Å². The van der Waals surface area contributed by atoms with Gasteiger partial charge >= 0.3 is 0 Å². The predicted octanol–water partition coefficient (Wildman–Crippen LogP) is 2.76. The van der Waals surface area contributed by atoms with Gasteiger partial charge in [-0.05, 0) is 41.5 Å². The molecule has 0 aliphatic carbocycles. The minimum Gasteiger partial charge on any atom is -0.493 e. The SMILES string of the molecule is CN=C(NCc1ccc(-n2cccn2)cc1)NCc1cc(OC)c(OC)c(OC)c1. The van der Waals surface area contributed by atoms with Gasteiger partial charge in [-0.2, -0.15) is 5.10 Å². The lowest BCUT2D eigenvalue weighted by molar-refractivity contribution is 0.323. The predicted molar refractivity (Wildman–Crippen MR) is 117 cm³/mol. The van der Waals surface area contributed by atoms with Crippen molar-refractivity contribution in [3.63, 3.8) is 0 Å². The molecule has 0 saturated heterocycles. The molecule has 3 rings (SSSR count). The molecular formula is C22H27N5O3. The summed E-state index contributed by atoms with van der Waals surface area (Å²) in [5.74, 6) is 2.51. The summed E-state index contributed by atoms with van der Waals surface area (Å²) in [7, 11) is 6.54. The van der Waals surface area contributed by atoms with Crippen LogP contribution in [0.25, 0.3) is 5.69 Å². The maximum absolute atomic E-state index is 5.41. The quantitative estimate of drug-likeness (QED) is 0.440. The third kappa shape index (κ3) is 5.02. The molecule has 0 aliphatic heterocycles. The second kappa shape index (κ2) is 10.2. The van der Waals surface area contributed by atoms with E-state index in [1.807, 2.05) is 41.2 Å². The molecule has 0 fully saturated rings. The average molecular weight is 409 g/mol. The van der Waals surface area contributed by atoms with Gasteiger partial charge in [-0.15, -0.1) is 0 Å². The molecule has 0 saturated carbocycles. The number of ether oxygens (including phenoxy) is 3. The minimum atomic E-state index is 0.550. The summed E-state index contributed by atoms with van der Waals surface area (Å²) in [6, 6.07) is 13.9. The van der Waals surface area contributed by atoms with Crippen LogP contribution in [-0.4, -0.2) is 44.1 Å². The Morgan fingerprint density at radius 2 is 1.57 bits per heavy atom. The van der Waals surface area contributed by atoms with Gasteiger partial charge in [-0.1, -0.05) is 12.1 Å². The fourth-order valence-corrected chi connectivity index (χ4v) is 3.02. The molecule has 1 heterocycles. The average Bonchev–Trinajstić information content (AvgIpc) is 3.33. The van der Waals surface area contributed by atoms with E-state index in [1.165, 1.54) is 0 Å². The number of aliphatic imine (C=N–C) groups is 1. The van der Waals surface area contributed by atoms with Crippen molar-refractivity contribution < 1.29 is 14.2 Å². The summed E-state index contributed by atoms with van der Waals surface area (Å²) in [5, 5.41) is 10.9. The summed E-state index contributed by atoms with van der Waals surface area (Å²) < 4.78 is 18.0. The van der Waals surface area contributed by atoms with Crippen LogP contribution in [0.2, 0.25) is 0 Å². The van der Waals surface area contributed by atoms with Gasteiger partial charge < -0.3 is 24.8 Å². The molecule has 8 nitrogen and oxygen atoms in total. The zero-order valence-corrected chi connectivity index (χ0v) is 17.7. The van der Waals surface area contributed by atoms with E-state index in [1.54, 1.807) is 34.6 Å². The highest BCUT2D eigenvalue weighted by molar-refractivity contribution is 5.79. The van der Waals surface area contributed by atoms with E-state index in [0.717, 1.165) is 16.8 Å². The Morgan fingerprint density at radius 3 is 2.07 bits per heavy atom. The van der Waals surface area contributed by atoms with Crippen molar-refractivity contribution in [3.8, 4) is 22.9 Å². The molecule has 3 aromatic rings. The van der Waals surface area contributed by atoms with Gasteiger partial charge in [0.1, 0.15) is 0 Å². The van der Waals surface area contributed by atoms with Crippen molar-refractivity contribution in [2.24, 2.45) is 4.99 Å². The van der Waals surface area contributed by atoms with E-state index in [0.29, 0.717) is 36.3 Å². The van der Waals surface area contributed by atoms with Crippen LogP contribution in [0.4, 0.5) is 0 Å². The molecule has 0 amide bonds. The number of hydrogen-bond donors (Lipinski definition) is 2. The molecule has 30 heavy (non-hydrogen) atoms. The van der Waals surface area contributed by atoms with Gasteiger partial charge in [0.05, 0.1) is 27.0 Å². The first-order valence-electron chi connectivity index (χ1n) is 9.50. The van der Waals surface area contributed by atoms with Crippen LogP contribution in [0.5, 0.6) is 17.2 Å². The molecule has 0 spiro atoms. The Balaban J connectivity index is 1.59. The second-order valence-electron chi connectivity index (χ2n) is 6.43. The van der Waals surface area contributed by atoms with Gasteiger partial charge in [0, 0.05) is 32.5 Å². The number of guanidine groups is 1. The number of nitrogens with zero attached hydrogens (tertiary/aromatic N) is 3. The minimum absolute atomic E-state index is 0.550. The molecule has 0 atom stereocenters. The Kier molecular flexibility index (Phi) is 7.15. The third-order valence-electron chi connectivity index (χ3n) is 4.57. The van der Waals surface area contributed by atoms with Gasteiger partial charge in [0.25, 0.3) is 0 Å². The fourth-order valence-electron chi connectivity index (χ4n) is 3.02. The molecule has 1 aromatic heterocycles. The molecule has 0 bridgehead atoms. The summed E-state index contributed by atoms with van der Waals surface area (Å²) in [6.45, 7) is 1.20. The maximum atomic E-state index is 5.41. The third-order valence-corrected chi connectivity index (χ3v) is 4.57. The zero-order valence-electron chi connectivity index (χ0n) is 17.7. The van der Waals surface area contributed by atoms with Crippen LogP contribution >= 0.6 is 0 Å². The summed E-state index contributed by atoms with van der Waals surface area (Å²) in [5.41, 5.74) is 3.14. The molecule has 158 valence electrons. The van der Waals surface area contributed by atoms with Crippen molar-refractivity contribution in [3.05, 3.63) is 66.0 Å². The zero-order chi connectivity index (χ0) is 21.3. The first-order chi connectivity index (χ1) is 14.7. The Morgan fingerprint density at radius 1 is 0.933 bits per heavy atom. The monoisotopic (exact) mass is 409 g/mol. The van der Waals surface area contributed by atoms with Gasteiger partial charge in [0.15, 0.2) is 17.5 Å². The largest absolute Gasteiger partial charge is 0.493 e. The summed E-state index contributed by atoms with van der Waals surface area (Å²) >= 11 is 0. The molecule has 2 aromatic carbocycles. The Labute approximate surface area is 176 Å². The molecule has 0 aliphatic rings. The smallest absolute Gasteiger partial charge is 0.203 e. The highest BCUT2D eigenvalue weighted by Gasteiger charge is 2.13. The van der Waals surface area contributed by atoms with Gasteiger partial charge in [0.2, 0.25) is 5.75 Å². The van der Waals surface area contributed by atoms with Crippen molar-refractivity contribution >= 4 is 5.96 Å². The van der Waals surface area contributed by atoms with Crippen LogP contribution in [0, 0.1) is 0 Å². The number of benzene rings is 2. The van der Waals surface area contributed by atoms with Gasteiger partial charge in [-0.3, -0.25) is 4.99 Å². The van der Waals surface area contributed by atoms with Crippen LogP contribution in [0.3, 0.4) is 0 Å². The van der Waals surface area contributed by atoms with Crippen molar-refractivity contribution in [2.45, 2.75) is 13.1 Å². The first-order valence-corrected chi connectivity index (χ1v) is 9.50. The van der Waals surface area contributed by atoms with E-state index in [2.05, 4.69) is 32.9 Å².